The summed E-state index contributed by atoms with van der Waals surface area (Å²) in [5.41, 5.74) is 6.91. The number of phenols is 1. The van der Waals surface area contributed by atoms with Crippen molar-refractivity contribution < 1.29 is 24.3 Å². The molecule has 0 saturated carbocycles. The number of nitrogens with one attached hydrogen (secondary N) is 4. The van der Waals surface area contributed by atoms with Crippen molar-refractivity contribution in [1.29, 1.82) is 0 Å². The topological polar surface area (TPSA) is 163 Å². The van der Waals surface area contributed by atoms with Crippen LogP contribution in [0.25, 0.3) is 0 Å². The van der Waals surface area contributed by atoms with E-state index in [2.05, 4.69) is 21.3 Å². The second kappa shape index (κ2) is 13.7. The van der Waals surface area contributed by atoms with Gasteiger partial charge in [-0.3, -0.25) is 19.2 Å². The average Bonchev–Trinajstić information content (AvgIpc) is 2.80. The summed E-state index contributed by atoms with van der Waals surface area (Å²) in [5.74, 6) is -1.72. The van der Waals surface area contributed by atoms with Crippen LogP contribution in [-0.4, -0.2) is 60.0 Å². The molecule has 4 amide bonds. The van der Waals surface area contributed by atoms with Crippen molar-refractivity contribution in [3.8, 4) is 5.75 Å². The second-order valence-electron chi connectivity index (χ2n) is 8.35. The van der Waals surface area contributed by atoms with Gasteiger partial charge >= 0.3 is 0 Å². The summed E-state index contributed by atoms with van der Waals surface area (Å²) in [4.78, 5) is 48.4. The molecule has 0 heterocycles. The third kappa shape index (κ3) is 10.3. The highest BCUT2D eigenvalue weighted by Crippen LogP contribution is 2.11. The highest BCUT2D eigenvalue weighted by atomic mass is 16.3. The van der Waals surface area contributed by atoms with E-state index in [1.807, 2.05) is 30.3 Å². The lowest BCUT2D eigenvalue weighted by molar-refractivity contribution is -0.131. The summed E-state index contributed by atoms with van der Waals surface area (Å²) in [6.45, 7) is 3.14. The third-order valence-electron chi connectivity index (χ3n) is 5.18. The van der Waals surface area contributed by atoms with E-state index in [-0.39, 0.29) is 30.7 Å². The molecule has 7 N–H and O–H groups in total. The molecule has 2 aromatic rings. The first kappa shape index (κ1) is 27.3. The van der Waals surface area contributed by atoms with Gasteiger partial charge in [0.2, 0.25) is 23.6 Å². The van der Waals surface area contributed by atoms with Crippen LogP contribution in [0.3, 0.4) is 0 Å². The number of carbonyl (C=O) groups is 4. The molecule has 0 saturated heterocycles. The number of benzene rings is 2. The Labute approximate surface area is 204 Å². The van der Waals surface area contributed by atoms with E-state index in [1.165, 1.54) is 19.1 Å². The number of rotatable bonds is 13. The number of primary amides is 1. The van der Waals surface area contributed by atoms with Gasteiger partial charge in [0.25, 0.3) is 0 Å². The zero-order valence-corrected chi connectivity index (χ0v) is 19.9. The molecular formula is C25H33N5O5. The third-order valence-corrected chi connectivity index (χ3v) is 5.18. The van der Waals surface area contributed by atoms with Crippen molar-refractivity contribution in [1.82, 2.24) is 21.3 Å². The maximum absolute atomic E-state index is 12.9. The maximum atomic E-state index is 12.9. The van der Waals surface area contributed by atoms with Crippen LogP contribution >= 0.6 is 0 Å². The van der Waals surface area contributed by atoms with Crippen molar-refractivity contribution in [3.63, 3.8) is 0 Å². The first-order valence-electron chi connectivity index (χ1n) is 11.3. The van der Waals surface area contributed by atoms with E-state index in [0.29, 0.717) is 13.0 Å². The normalized spacial score (nSPS) is 13.2. The number of phenolic OH excluding ortho intramolecular Hbond substituents is 1. The Morgan fingerprint density at radius 2 is 1.49 bits per heavy atom. The van der Waals surface area contributed by atoms with E-state index in [0.717, 1.165) is 11.1 Å². The lowest BCUT2D eigenvalue weighted by Gasteiger charge is -2.24. The van der Waals surface area contributed by atoms with Crippen molar-refractivity contribution in [2.45, 2.75) is 44.8 Å². The first-order valence-corrected chi connectivity index (χ1v) is 11.3. The van der Waals surface area contributed by atoms with Crippen LogP contribution in [-0.2, 0) is 32.0 Å². The summed E-state index contributed by atoms with van der Waals surface area (Å²) in [5, 5.41) is 20.5. The average molecular weight is 484 g/mol. The number of hydrogen-bond acceptors (Lipinski definition) is 6. The summed E-state index contributed by atoms with van der Waals surface area (Å²) in [7, 11) is 0. The van der Waals surface area contributed by atoms with Gasteiger partial charge in [-0.1, -0.05) is 42.5 Å². The van der Waals surface area contributed by atoms with Gasteiger partial charge in [0.15, 0.2) is 0 Å². The van der Waals surface area contributed by atoms with Crippen LogP contribution in [0.2, 0.25) is 0 Å². The highest BCUT2D eigenvalue weighted by molar-refractivity contribution is 5.91. The minimum Gasteiger partial charge on any atom is -0.508 e. The van der Waals surface area contributed by atoms with Crippen molar-refractivity contribution in [3.05, 3.63) is 65.7 Å². The predicted octanol–water partition coefficient (Wildman–Crippen LogP) is -0.253. The molecule has 0 unspecified atom stereocenters. The first-order chi connectivity index (χ1) is 16.6. The van der Waals surface area contributed by atoms with Gasteiger partial charge in [-0.25, -0.2) is 0 Å². The molecule has 10 nitrogen and oxygen atoms in total. The molecule has 2 rings (SSSR count). The van der Waals surface area contributed by atoms with Gasteiger partial charge in [-0.15, -0.1) is 0 Å². The zero-order valence-electron chi connectivity index (χ0n) is 19.9. The van der Waals surface area contributed by atoms with Crippen LogP contribution in [0.15, 0.2) is 54.6 Å². The molecule has 0 fully saturated rings. The standard InChI is InChI=1S/C25H33N5O5/c1-16(28-25(35)22(29-17(2)31)13-19-8-10-21(32)11-9-19)24(34)30-20(14-27-15-23(26)33)12-18-6-4-3-5-7-18/h3-11,16,20,22,27,32H,12-15H2,1-2H3,(H2,26,33)(H,28,35)(H,29,31)(H,30,34)/t16-,20+,22+/m1/s1. The molecule has 2 aromatic carbocycles. The smallest absolute Gasteiger partial charge is 0.243 e. The van der Waals surface area contributed by atoms with Gasteiger partial charge in [0.05, 0.1) is 6.54 Å². The van der Waals surface area contributed by atoms with Crippen LogP contribution in [0.4, 0.5) is 0 Å². The monoisotopic (exact) mass is 483 g/mol. The van der Waals surface area contributed by atoms with Gasteiger partial charge in [0.1, 0.15) is 17.8 Å². The van der Waals surface area contributed by atoms with Gasteiger partial charge in [-0.2, -0.15) is 0 Å². The predicted molar refractivity (Wildman–Crippen MR) is 131 cm³/mol. The molecule has 0 radical (unpaired) electrons. The van der Waals surface area contributed by atoms with E-state index < -0.39 is 29.8 Å². The molecule has 35 heavy (non-hydrogen) atoms. The van der Waals surface area contributed by atoms with Gasteiger partial charge in [0, 0.05) is 25.9 Å². The van der Waals surface area contributed by atoms with Crippen LogP contribution < -0.4 is 27.0 Å². The summed E-state index contributed by atoms with van der Waals surface area (Å²) >= 11 is 0. The lowest BCUT2D eigenvalue weighted by Crippen LogP contribution is -2.55. The Morgan fingerprint density at radius 1 is 0.857 bits per heavy atom. The minimum atomic E-state index is -0.898. The van der Waals surface area contributed by atoms with Crippen LogP contribution in [0.5, 0.6) is 5.75 Å². The second-order valence-corrected chi connectivity index (χ2v) is 8.35. The largest absolute Gasteiger partial charge is 0.508 e. The maximum Gasteiger partial charge on any atom is 0.243 e. The number of amides is 4. The Balaban J connectivity index is 2.01. The minimum absolute atomic E-state index is 0.0247. The molecule has 0 bridgehead atoms. The van der Waals surface area contributed by atoms with E-state index in [4.69, 9.17) is 5.73 Å². The molecule has 3 atom stereocenters. The van der Waals surface area contributed by atoms with Crippen molar-refractivity contribution >= 4 is 23.6 Å². The number of hydrogen-bond donors (Lipinski definition) is 6. The fraction of sp³-hybridized carbons (Fsp3) is 0.360. The molecule has 0 aliphatic heterocycles. The van der Waals surface area contributed by atoms with Crippen molar-refractivity contribution in [2.24, 2.45) is 5.73 Å². The van der Waals surface area contributed by atoms with Gasteiger partial charge in [-0.05, 0) is 36.6 Å². The lowest BCUT2D eigenvalue weighted by atomic mass is 10.0. The summed E-state index contributed by atoms with van der Waals surface area (Å²) in [6.07, 6.45) is 0.697. The van der Waals surface area contributed by atoms with Gasteiger partial charge < -0.3 is 32.1 Å². The van der Waals surface area contributed by atoms with Crippen molar-refractivity contribution in [2.75, 3.05) is 13.1 Å². The molecule has 10 heteroatoms. The molecular weight excluding hydrogens is 450 g/mol. The fourth-order valence-electron chi connectivity index (χ4n) is 3.47. The Hall–Kier alpha value is -3.92. The molecule has 0 aromatic heterocycles. The highest BCUT2D eigenvalue weighted by Gasteiger charge is 2.25. The molecule has 0 aliphatic rings. The Bertz CT molecular complexity index is 997. The van der Waals surface area contributed by atoms with Crippen LogP contribution in [0.1, 0.15) is 25.0 Å². The SMILES string of the molecule is CC(=O)N[C@@H](Cc1ccc(O)cc1)C(=O)N[C@H](C)C(=O)N[C@H](CNCC(N)=O)Cc1ccccc1. The summed E-state index contributed by atoms with van der Waals surface area (Å²) in [6, 6.07) is 13.7. The Kier molecular flexibility index (Phi) is 10.7. The molecule has 188 valence electrons. The van der Waals surface area contributed by atoms with E-state index >= 15 is 0 Å². The molecule has 0 spiro atoms. The van der Waals surface area contributed by atoms with Crippen LogP contribution in [0, 0.1) is 0 Å². The number of aromatic hydroxyl groups is 1. The molecule has 0 aliphatic carbocycles. The van der Waals surface area contributed by atoms with E-state index in [9.17, 15) is 24.3 Å². The summed E-state index contributed by atoms with van der Waals surface area (Å²) < 4.78 is 0. The quantitative estimate of drug-likeness (QED) is 0.230. The van der Waals surface area contributed by atoms with E-state index in [1.54, 1.807) is 19.1 Å². The zero-order chi connectivity index (χ0) is 25.8. The number of carbonyl (C=O) groups excluding carboxylic acids is 4. The fourth-order valence-corrected chi connectivity index (χ4v) is 3.47. The Morgan fingerprint density at radius 3 is 2.09 bits per heavy atom. The number of nitrogens with two attached hydrogens (primary N) is 1.